The lowest BCUT2D eigenvalue weighted by atomic mass is 10.4. The average Bonchev–Trinajstić information content (AvgIpc) is 2.61. The van der Waals surface area contributed by atoms with Gasteiger partial charge in [-0.25, -0.2) is 13.1 Å². The van der Waals surface area contributed by atoms with Crippen molar-refractivity contribution in [3.63, 3.8) is 0 Å². The van der Waals surface area contributed by atoms with Crippen molar-refractivity contribution >= 4 is 43.6 Å². The maximum atomic E-state index is 12.0. The zero-order valence-electron chi connectivity index (χ0n) is 13.3. The topological polar surface area (TPSA) is 88.2 Å². The van der Waals surface area contributed by atoms with Crippen molar-refractivity contribution in [3.05, 3.63) is 53.3 Å². The van der Waals surface area contributed by atoms with Gasteiger partial charge in [-0.05, 0) is 36.4 Å². The Bertz CT molecular complexity index is 784. The van der Waals surface area contributed by atoms with Crippen molar-refractivity contribution in [2.45, 2.75) is 16.2 Å². The second kappa shape index (κ2) is 9.91. The summed E-state index contributed by atoms with van der Waals surface area (Å²) in [6.45, 7) is 0.567. The molecular formula is C16H18BrN3O3S2. The molecule has 134 valence electrons. The van der Waals surface area contributed by atoms with E-state index in [1.807, 2.05) is 24.3 Å². The first kappa shape index (κ1) is 19.9. The Balaban J connectivity index is 1.63. The highest BCUT2D eigenvalue weighted by atomic mass is 79.9. The number of sulfonamides is 1. The van der Waals surface area contributed by atoms with Crippen LogP contribution in [0.5, 0.6) is 0 Å². The summed E-state index contributed by atoms with van der Waals surface area (Å²) in [6, 6.07) is 10.9. The smallest absolute Gasteiger partial charge is 0.242 e. The van der Waals surface area contributed by atoms with Crippen molar-refractivity contribution in [3.8, 4) is 0 Å². The van der Waals surface area contributed by atoms with Gasteiger partial charge in [-0.2, -0.15) is 0 Å². The molecule has 1 aromatic heterocycles. The SMILES string of the molecule is O=C(CCNS(=O)(=O)c1cccnc1)NCCSc1ccc(Br)cc1. The van der Waals surface area contributed by atoms with Crippen LogP contribution in [0.2, 0.25) is 0 Å². The number of nitrogens with one attached hydrogen (secondary N) is 2. The zero-order valence-corrected chi connectivity index (χ0v) is 16.5. The van der Waals surface area contributed by atoms with Gasteiger partial charge >= 0.3 is 0 Å². The van der Waals surface area contributed by atoms with E-state index in [-0.39, 0.29) is 23.8 Å². The van der Waals surface area contributed by atoms with E-state index in [0.29, 0.717) is 6.54 Å². The average molecular weight is 444 g/mol. The molecule has 0 unspecified atom stereocenters. The zero-order chi connectivity index (χ0) is 18.1. The number of carbonyl (C=O) groups is 1. The molecule has 0 saturated carbocycles. The molecular weight excluding hydrogens is 426 g/mol. The minimum absolute atomic E-state index is 0.0446. The Morgan fingerprint density at radius 3 is 2.60 bits per heavy atom. The summed E-state index contributed by atoms with van der Waals surface area (Å²) in [5.74, 6) is 0.555. The van der Waals surface area contributed by atoms with Crippen LogP contribution in [-0.2, 0) is 14.8 Å². The lowest BCUT2D eigenvalue weighted by molar-refractivity contribution is -0.120. The van der Waals surface area contributed by atoms with Gasteiger partial charge in [0.2, 0.25) is 15.9 Å². The molecule has 0 aliphatic carbocycles. The Labute approximate surface area is 160 Å². The number of rotatable bonds is 9. The molecule has 1 amide bonds. The van der Waals surface area contributed by atoms with Gasteiger partial charge in [0.15, 0.2) is 0 Å². The standard InChI is InChI=1S/C16H18BrN3O3S2/c17-13-3-5-14(6-4-13)24-11-10-19-16(21)7-9-20-25(22,23)15-2-1-8-18-12-15/h1-6,8,12,20H,7,9-11H2,(H,19,21). The predicted octanol–water partition coefficient (Wildman–Crippen LogP) is 2.42. The van der Waals surface area contributed by atoms with Gasteiger partial charge in [0.05, 0.1) is 0 Å². The van der Waals surface area contributed by atoms with Crippen LogP contribution < -0.4 is 10.0 Å². The number of pyridine rings is 1. The number of halogens is 1. The predicted molar refractivity (Wildman–Crippen MR) is 102 cm³/mol. The van der Waals surface area contributed by atoms with Crippen molar-refractivity contribution in [2.75, 3.05) is 18.8 Å². The van der Waals surface area contributed by atoms with E-state index in [9.17, 15) is 13.2 Å². The van der Waals surface area contributed by atoms with Gasteiger partial charge in [0.1, 0.15) is 4.90 Å². The van der Waals surface area contributed by atoms with Crippen LogP contribution in [0.15, 0.2) is 63.1 Å². The third kappa shape index (κ3) is 7.15. The molecule has 0 radical (unpaired) electrons. The second-order valence-electron chi connectivity index (χ2n) is 4.99. The largest absolute Gasteiger partial charge is 0.355 e. The van der Waals surface area contributed by atoms with Gasteiger partial charge in [0, 0.05) is 47.0 Å². The summed E-state index contributed by atoms with van der Waals surface area (Å²) in [5.41, 5.74) is 0. The van der Waals surface area contributed by atoms with E-state index in [1.165, 1.54) is 18.5 Å². The summed E-state index contributed by atoms with van der Waals surface area (Å²) >= 11 is 5.02. The lowest BCUT2D eigenvalue weighted by Gasteiger charge is -2.07. The van der Waals surface area contributed by atoms with Crippen molar-refractivity contribution in [1.82, 2.24) is 15.0 Å². The van der Waals surface area contributed by atoms with Crippen LogP contribution >= 0.6 is 27.7 Å². The van der Waals surface area contributed by atoms with Crippen LogP contribution in [0, 0.1) is 0 Å². The molecule has 0 aliphatic rings. The molecule has 9 heteroatoms. The second-order valence-corrected chi connectivity index (χ2v) is 8.84. The summed E-state index contributed by atoms with van der Waals surface area (Å²) < 4.78 is 27.3. The first-order valence-corrected chi connectivity index (χ1v) is 10.8. The normalized spacial score (nSPS) is 11.2. The molecule has 1 aromatic carbocycles. The highest BCUT2D eigenvalue weighted by molar-refractivity contribution is 9.10. The summed E-state index contributed by atoms with van der Waals surface area (Å²) in [7, 11) is -3.62. The fourth-order valence-electron chi connectivity index (χ4n) is 1.87. The molecule has 0 saturated heterocycles. The van der Waals surface area contributed by atoms with E-state index in [2.05, 4.69) is 31.0 Å². The van der Waals surface area contributed by atoms with Crippen molar-refractivity contribution in [1.29, 1.82) is 0 Å². The molecule has 2 rings (SSSR count). The highest BCUT2D eigenvalue weighted by Crippen LogP contribution is 2.19. The van der Waals surface area contributed by atoms with Crippen molar-refractivity contribution in [2.24, 2.45) is 0 Å². The number of hydrogen-bond acceptors (Lipinski definition) is 5. The van der Waals surface area contributed by atoms with Gasteiger partial charge in [-0.15, -0.1) is 11.8 Å². The van der Waals surface area contributed by atoms with Gasteiger partial charge < -0.3 is 5.32 Å². The van der Waals surface area contributed by atoms with E-state index in [4.69, 9.17) is 0 Å². The number of amides is 1. The number of nitrogens with zero attached hydrogens (tertiary/aromatic N) is 1. The Morgan fingerprint density at radius 2 is 1.92 bits per heavy atom. The first-order chi connectivity index (χ1) is 12.0. The van der Waals surface area contributed by atoms with Crippen LogP contribution in [0.3, 0.4) is 0 Å². The third-order valence-electron chi connectivity index (χ3n) is 3.10. The summed E-state index contributed by atoms with van der Waals surface area (Å²) in [4.78, 5) is 16.7. The number of aromatic nitrogens is 1. The molecule has 0 atom stereocenters. The van der Waals surface area contributed by atoms with Crippen LogP contribution in [0.1, 0.15) is 6.42 Å². The maximum Gasteiger partial charge on any atom is 0.242 e. The third-order valence-corrected chi connectivity index (χ3v) is 6.08. The van der Waals surface area contributed by atoms with Crippen LogP contribution in [-0.4, -0.2) is 38.2 Å². The van der Waals surface area contributed by atoms with Gasteiger partial charge in [-0.1, -0.05) is 15.9 Å². The molecule has 1 heterocycles. The minimum atomic E-state index is -3.62. The number of benzene rings is 1. The molecule has 0 spiro atoms. The first-order valence-electron chi connectivity index (χ1n) is 7.52. The number of carbonyl (C=O) groups excluding carboxylic acids is 1. The fourth-order valence-corrected chi connectivity index (χ4v) is 3.89. The molecule has 2 aromatic rings. The van der Waals surface area contributed by atoms with Crippen LogP contribution in [0.4, 0.5) is 0 Å². The van der Waals surface area contributed by atoms with E-state index < -0.39 is 10.0 Å². The highest BCUT2D eigenvalue weighted by Gasteiger charge is 2.13. The number of thioether (sulfide) groups is 1. The molecule has 6 nitrogen and oxygen atoms in total. The Morgan fingerprint density at radius 1 is 1.16 bits per heavy atom. The quantitative estimate of drug-likeness (QED) is 0.458. The van der Waals surface area contributed by atoms with Gasteiger partial charge in [0.25, 0.3) is 0 Å². The van der Waals surface area contributed by atoms with E-state index in [1.54, 1.807) is 17.8 Å². The van der Waals surface area contributed by atoms with Crippen molar-refractivity contribution < 1.29 is 13.2 Å². The molecule has 25 heavy (non-hydrogen) atoms. The van der Waals surface area contributed by atoms with E-state index in [0.717, 1.165) is 15.1 Å². The van der Waals surface area contributed by atoms with E-state index >= 15 is 0 Å². The summed E-state index contributed by atoms with van der Waals surface area (Å²) in [6.07, 6.45) is 2.85. The minimum Gasteiger partial charge on any atom is -0.355 e. The number of hydrogen-bond donors (Lipinski definition) is 2. The molecule has 0 fully saturated rings. The molecule has 2 N–H and O–H groups in total. The molecule has 0 aliphatic heterocycles. The molecule has 0 bridgehead atoms. The van der Waals surface area contributed by atoms with Gasteiger partial charge in [-0.3, -0.25) is 9.78 Å². The lowest BCUT2D eigenvalue weighted by Crippen LogP contribution is -2.31. The monoisotopic (exact) mass is 443 g/mol. The Kier molecular flexibility index (Phi) is 7.89. The maximum absolute atomic E-state index is 12.0. The Hall–Kier alpha value is -1.42. The van der Waals surface area contributed by atoms with Crippen LogP contribution in [0.25, 0.3) is 0 Å². The summed E-state index contributed by atoms with van der Waals surface area (Å²) in [5, 5.41) is 2.77. The fraction of sp³-hybridized carbons (Fsp3) is 0.250.